The van der Waals surface area contributed by atoms with E-state index >= 15 is 0 Å². The van der Waals surface area contributed by atoms with Crippen molar-refractivity contribution in [3.8, 4) is 0 Å². The highest BCUT2D eigenvalue weighted by molar-refractivity contribution is 5.25. The highest BCUT2D eigenvalue weighted by atomic mass is 19.4. The second-order valence-corrected chi connectivity index (χ2v) is 5.90. The van der Waals surface area contributed by atoms with Crippen LogP contribution in [0.3, 0.4) is 0 Å². The van der Waals surface area contributed by atoms with Gasteiger partial charge in [0.15, 0.2) is 0 Å². The Balaban J connectivity index is 1.71. The molecule has 1 saturated heterocycles. The maximum atomic E-state index is 12.6. The van der Waals surface area contributed by atoms with Crippen molar-refractivity contribution >= 4 is 0 Å². The Bertz CT molecular complexity index is 437. The van der Waals surface area contributed by atoms with Gasteiger partial charge in [-0.05, 0) is 43.5 Å². The standard InChI is InChI=1S/C16H23F3N2/c1-13-5-8-21(9-6-13)10-7-20-12-14-3-2-4-15(11-14)16(17,18)19/h2-4,11,13,20H,5-10,12H2,1H3. The zero-order valence-corrected chi connectivity index (χ0v) is 12.4. The summed E-state index contributed by atoms with van der Waals surface area (Å²) in [5.41, 5.74) is 0.101. The Hall–Kier alpha value is -1.07. The molecule has 118 valence electrons. The van der Waals surface area contributed by atoms with Gasteiger partial charge in [-0.25, -0.2) is 0 Å². The number of halogens is 3. The van der Waals surface area contributed by atoms with E-state index in [1.165, 1.54) is 25.0 Å². The van der Waals surface area contributed by atoms with Gasteiger partial charge < -0.3 is 10.2 Å². The molecule has 0 aromatic heterocycles. The molecule has 1 N–H and O–H groups in total. The second kappa shape index (κ2) is 7.27. The molecule has 0 aliphatic carbocycles. The Labute approximate surface area is 124 Å². The molecule has 0 atom stereocenters. The number of piperidine rings is 1. The van der Waals surface area contributed by atoms with Crippen molar-refractivity contribution in [2.24, 2.45) is 5.92 Å². The van der Waals surface area contributed by atoms with E-state index in [9.17, 15) is 13.2 Å². The molecule has 1 aliphatic heterocycles. The average Bonchev–Trinajstić information content (AvgIpc) is 2.45. The fourth-order valence-corrected chi connectivity index (χ4v) is 2.61. The normalized spacial score (nSPS) is 18.1. The van der Waals surface area contributed by atoms with Crippen molar-refractivity contribution in [1.29, 1.82) is 0 Å². The summed E-state index contributed by atoms with van der Waals surface area (Å²) in [6.45, 7) is 6.80. The predicted octanol–water partition coefficient (Wildman–Crippen LogP) is 3.53. The number of likely N-dealkylation sites (tertiary alicyclic amines) is 1. The smallest absolute Gasteiger partial charge is 0.311 e. The van der Waals surface area contributed by atoms with Crippen LogP contribution in [0.4, 0.5) is 13.2 Å². The molecule has 2 rings (SSSR count). The van der Waals surface area contributed by atoms with Crippen LogP contribution < -0.4 is 5.32 Å². The molecule has 0 amide bonds. The van der Waals surface area contributed by atoms with Gasteiger partial charge >= 0.3 is 6.18 Å². The number of hydrogen-bond donors (Lipinski definition) is 1. The molecule has 2 nitrogen and oxygen atoms in total. The molecule has 1 heterocycles. The number of nitrogens with zero attached hydrogens (tertiary/aromatic N) is 1. The molecule has 21 heavy (non-hydrogen) atoms. The molecule has 5 heteroatoms. The molecule has 0 spiro atoms. The molecular weight excluding hydrogens is 277 g/mol. The summed E-state index contributed by atoms with van der Waals surface area (Å²) in [5, 5.41) is 3.23. The summed E-state index contributed by atoms with van der Waals surface area (Å²) in [7, 11) is 0. The first-order valence-corrected chi connectivity index (χ1v) is 7.54. The lowest BCUT2D eigenvalue weighted by molar-refractivity contribution is -0.137. The van der Waals surface area contributed by atoms with Crippen LogP contribution in [0.25, 0.3) is 0 Å². The lowest BCUT2D eigenvalue weighted by atomic mass is 9.99. The van der Waals surface area contributed by atoms with Crippen LogP contribution in [-0.2, 0) is 12.7 Å². The quantitative estimate of drug-likeness (QED) is 0.837. The van der Waals surface area contributed by atoms with E-state index in [0.29, 0.717) is 12.1 Å². The van der Waals surface area contributed by atoms with Crippen LogP contribution in [0, 0.1) is 5.92 Å². The Morgan fingerprint density at radius 3 is 2.62 bits per heavy atom. The van der Waals surface area contributed by atoms with Gasteiger partial charge in [-0.15, -0.1) is 0 Å². The summed E-state index contributed by atoms with van der Waals surface area (Å²) in [6, 6.07) is 5.52. The van der Waals surface area contributed by atoms with Crippen LogP contribution in [0.1, 0.15) is 30.9 Å². The largest absolute Gasteiger partial charge is 0.416 e. The van der Waals surface area contributed by atoms with Gasteiger partial charge in [-0.1, -0.05) is 25.1 Å². The van der Waals surface area contributed by atoms with Crippen LogP contribution in [0.5, 0.6) is 0 Å². The molecule has 0 radical (unpaired) electrons. The van der Waals surface area contributed by atoms with Crippen molar-refractivity contribution < 1.29 is 13.2 Å². The first-order valence-electron chi connectivity index (χ1n) is 7.54. The highest BCUT2D eigenvalue weighted by Crippen LogP contribution is 2.29. The monoisotopic (exact) mass is 300 g/mol. The van der Waals surface area contributed by atoms with E-state index in [-0.39, 0.29) is 0 Å². The van der Waals surface area contributed by atoms with Gasteiger partial charge in [0.05, 0.1) is 5.56 Å². The first kappa shape index (κ1) is 16.3. The summed E-state index contributed by atoms with van der Waals surface area (Å²) in [6.07, 6.45) is -1.78. The molecule has 1 aromatic carbocycles. The van der Waals surface area contributed by atoms with Crippen LogP contribution in [0.15, 0.2) is 24.3 Å². The number of nitrogens with one attached hydrogen (secondary N) is 1. The minimum absolute atomic E-state index is 0.480. The fraction of sp³-hybridized carbons (Fsp3) is 0.625. The highest BCUT2D eigenvalue weighted by Gasteiger charge is 2.30. The summed E-state index contributed by atoms with van der Waals surface area (Å²) in [5.74, 6) is 0.819. The van der Waals surface area contributed by atoms with E-state index in [4.69, 9.17) is 0 Å². The fourth-order valence-electron chi connectivity index (χ4n) is 2.61. The minimum Gasteiger partial charge on any atom is -0.311 e. The van der Waals surface area contributed by atoms with Gasteiger partial charge in [0.1, 0.15) is 0 Å². The average molecular weight is 300 g/mol. The molecule has 1 aliphatic rings. The Morgan fingerprint density at radius 1 is 1.24 bits per heavy atom. The Kier molecular flexibility index (Phi) is 5.65. The third kappa shape index (κ3) is 5.32. The maximum Gasteiger partial charge on any atom is 0.416 e. The van der Waals surface area contributed by atoms with Gasteiger partial charge in [-0.3, -0.25) is 0 Å². The van der Waals surface area contributed by atoms with Gasteiger partial charge in [0.2, 0.25) is 0 Å². The van der Waals surface area contributed by atoms with E-state index < -0.39 is 11.7 Å². The van der Waals surface area contributed by atoms with E-state index in [1.807, 2.05) is 0 Å². The summed E-state index contributed by atoms with van der Waals surface area (Å²) >= 11 is 0. The molecule has 0 bridgehead atoms. The summed E-state index contributed by atoms with van der Waals surface area (Å²) in [4.78, 5) is 2.42. The van der Waals surface area contributed by atoms with Crippen molar-refractivity contribution in [3.05, 3.63) is 35.4 Å². The number of hydrogen-bond acceptors (Lipinski definition) is 2. The van der Waals surface area contributed by atoms with Crippen molar-refractivity contribution in [1.82, 2.24) is 10.2 Å². The van der Waals surface area contributed by atoms with E-state index in [2.05, 4.69) is 17.1 Å². The Morgan fingerprint density at radius 2 is 1.95 bits per heavy atom. The third-order valence-corrected chi connectivity index (χ3v) is 4.06. The third-order valence-electron chi connectivity index (χ3n) is 4.06. The lowest BCUT2D eigenvalue weighted by Crippen LogP contribution is -2.37. The summed E-state index contributed by atoms with van der Waals surface area (Å²) < 4.78 is 37.8. The van der Waals surface area contributed by atoms with Gasteiger partial charge in [0, 0.05) is 19.6 Å². The molecule has 0 unspecified atom stereocenters. The topological polar surface area (TPSA) is 15.3 Å². The molecule has 1 fully saturated rings. The molecular formula is C16H23F3N2. The van der Waals surface area contributed by atoms with Crippen LogP contribution in [0.2, 0.25) is 0 Å². The number of rotatable bonds is 5. The van der Waals surface area contributed by atoms with Gasteiger partial charge in [0.25, 0.3) is 0 Å². The number of alkyl halides is 3. The number of benzene rings is 1. The lowest BCUT2D eigenvalue weighted by Gasteiger charge is -2.30. The van der Waals surface area contributed by atoms with Crippen LogP contribution >= 0.6 is 0 Å². The predicted molar refractivity (Wildman–Crippen MR) is 78.0 cm³/mol. The molecule has 1 aromatic rings. The van der Waals surface area contributed by atoms with Crippen LogP contribution in [-0.4, -0.2) is 31.1 Å². The SMILES string of the molecule is CC1CCN(CCNCc2cccc(C(F)(F)F)c2)CC1. The van der Waals surface area contributed by atoms with Crippen molar-refractivity contribution in [3.63, 3.8) is 0 Å². The zero-order valence-electron chi connectivity index (χ0n) is 12.4. The van der Waals surface area contributed by atoms with E-state index in [0.717, 1.165) is 38.2 Å². The minimum atomic E-state index is -4.26. The van der Waals surface area contributed by atoms with Crippen molar-refractivity contribution in [2.45, 2.75) is 32.5 Å². The zero-order chi connectivity index (χ0) is 15.3. The van der Waals surface area contributed by atoms with Gasteiger partial charge in [-0.2, -0.15) is 13.2 Å². The molecule has 0 saturated carbocycles. The van der Waals surface area contributed by atoms with E-state index in [1.54, 1.807) is 6.07 Å². The maximum absolute atomic E-state index is 12.6. The van der Waals surface area contributed by atoms with Crippen molar-refractivity contribution in [2.75, 3.05) is 26.2 Å². The first-order chi connectivity index (χ1) is 9.95. The second-order valence-electron chi connectivity index (χ2n) is 5.90.